The minimum atomic E-state index is -1.85. The summed E-state index contributed by atoms with van der Waals surface area (Å²) in [6, 6.07) is -4.68. The highest BCUT2D eigenvalue weighted by Crippen LogP contribution is 2.39. The molecule has 22 heteroatoms. The Morgan fingerprint density at radius 3 is 2.09 bits per heavy atom. The highest BCUT2D eigenvalue weighted by molar-refractivity contribution is 5.82. The molecule has 392 valence electrons. The van der Waals surface area contributed by atoms with Gasteiger partial charge in [-0.15, -0.1) is 0 Å². The van der Waals surface area contributed by atoms with Gasteiger partial charge < -0.3 is 84.7 Å². The van der Waals surface area contributed by atoms with Gasteiger partial charge in [-0.2, -0.15) is 0 Å². The molecular weight excluding hydrogens is 905 g/mol. The number of allylic oxidation sites excluding steroid dienone is 1. The van der Waals surface area contributed by atoms with Crippen LogP contribution in [0.15, 0.2) is 24.2 Å². The summed E-state index contributed by atoms with van der Waals surface area (Å²) in [5.41, 5.74) is -4.52. The van der Waals surface area contributed by atoms with E-state index in [1.54, 1.807) is 68.4 Å². The number of ether oxygens (including phenoxy) is 7. The molecule has 5 rings (SSSR count). The Morgan fingerprint density at radius 1 is 0.899 bits per heavy atom. The second kappa shape index (κ2) is 21.9. The van der Waals surface area contributed by atoms with Crippen LogP contribution in [0.2, 0.25) is 0 Å². The molecule has 8 N–H and O–H groups in total. The highest BCUT2D eigenvalue weighted by Gasteiger charge is 2.57. The molecule has 5 aliphatic rings. The van der Waals surface area contributed by atoms with E-state index >= 15 is 0 Å². The fourth-order valence-electron chi connectivity index (χ4n) is 8.96. The van der Waals surface area contributed by atoms with Crippen molar-refractivity contribution in [1.29, 1.82) is 0 Å². The number of aliphatic hydroxyl groups is 4. The molecule has 22 nitrogen and oxygen atoms in total. The maximum absolute atomic E-state index is 14.1. The number of likely N-dealkylation sites (N-methyl/N-ethyl adjacent to an activating group) is 1. The number of hydrogen-bond acceptors (Lipinski definition) is 17. The first-order valence-corrected chi connectivity index (χ1v) is 23.8. The molecule has 3 aliphatic heterocycles. The second-order valence-electron chi connectivity index (χ2n) is 22.3. The maximum atomic E-state index is 14.1. The van der Waals surface area contributed by atoms with E-state index in [4.69, 9.17) is 33.2 Å². The molecule has 5 amide bonds. The number of nitrogens with zero attached hydrogens (tertiary/aromatic N) is 2. The molecule has 0 spiro atoms. The third-order valence-electron chi connectivity index (χ3n) is 12.2. The van der Waals surface area contributed by atoms with Gasteiger partial charge in [0.1, 0.15) is 52.6 Å². The number of rotatable bonds is 14. The molecule has 0 radical (unpaired) electrons. The topological polar surface area (TPSA) is 285 Å². The molecule has 0 aromatic rings. The van der Waals surface area contributed by atoms with Gasteiger partial charge in [0.15, 0.2) is 6.29 Å². The van der Waals surface area contributed by atoms with Gasteiger partial charge in [0.2, 0.25) is 5.91 Å². The number of amides is 5. The molecule has 0 aromatic heterocycles. The van der Waals surface area contributed by atoms with Gasteiger partial charge in [-0.3, -0.25) is 4.79 Å². The summed E-state index contributed by atoms with van der Waals surface area (Å²) >= 11 is 0. The van der Waals surface area contributed by atoms with E-state index < -0.39 is 132 Å². The van der Waals surface area contributed by atoms with Crippen LogP contribution in [0.1, 0.15) is 102 Å². The number of likely N-dealkylation sites (tertiary alicyclic amines) is 1. The van der Waals surface area contributed by atoms with Gasteiger partial charge in [-0.1, -0.05) is 6.58 Å². The molecule has 2 saturated heterocycles. The van der Waals surface area contributed by atoms with Gasteiger partial charge in [-0.25, -0.2) is 19.2 Å². The van der Waals surface area contributed by atoms with E-state index in [0.29, 0.717) is 18.2 Å². The van der Waals surface area contributed by atoms with Gasteiger partial charge in [-0.05, 0) is 120 Å². The van der Waals surface area contributed by atoms with Crippen LogP contribution in [0.3, 0.4) is 0 Å². The zero-order chi connectivity index (χ0) is 51.6. The van der Waals surface area contributed by atoms with E-state index in [1.165, 1.54) is 25.8 Å². The standard InChI is InChI=1S/C47H78N6O16/c1-24(2)64-40(58)50-28-17-16-27(20-48-19-25-14-15-25)65-35(28)31-29(51-41(59)67-44(3,4)5)18-30(49-38(57)32(54)26-21-53(22-26)43(61)69-46(9,10)11)36(33(31)55)66-39-34(56)37(47(12,62)23-63-39)52(13)42(60)68-45(6,7)8/h16,25-26,28-37,39,48,54-56,62H,1,14-15,17-23H2,2-13H3,(H,49,57)(H,50,58)(H,51,59)/t28-,29+,30-,31?,32?,33+,34-,35+,36+,37-,39-,47+/m1/s1. The van der Waals surface area contributed by atoms with Crippen LogP contribution in [-0.4, -0.2) is 184 Å². The van der Waals surface area contributed by atoms with E-state index in [1.807, 2.05) is 0 Å². The van der Waals surface area contributed by atoms with Crippen LogP contribution in [-0.2, 0) is 38.0 Å². The Balaban J connectivity index is 1.53. The lowest BCUT2D eigenvalue weighted by Gasteiger charge is -2.52. The molecular formula is C47H78N6O16. The van der Waals surface area contributed by atoms with Crippen LogP contribution in [0.4, 0.5) is 19.2 Å². The number of carbonyl (C=O) groups is 5. The minimum Gasteiger partial charge on any atom is -0.491 e. The average Bonchev–Trinajstić information content (AvgIpc) is 3.99. The highest BCUT2D eigenvalue weighted by atomic mass is 16.7. The number of hydrogen-bond donors (Lipinski definition) is 8. The molecule has 4 fully saturated rings. The number of aliphatic hydroxyl groups excluding tert-OH is 3. The van der Waals surface area contributed by atoms with Gasteiger partial charge in [0.25, 0.3) is 0 Å². The molecule has 0 aromatic carbocycles. The van der Waals surface area contributed by atoms with Gasteiger partial charge >= 0.3 is 24.4 Å². The summed E-state index contributed by atoms with van der Waals surface area (Å²) in [7, 11) is 1.34. The Labute approximate surface area is 405 Å². The first-order valence-electron chi connectivity index (χ1n) is 23.8. The Morgan fingerprint density at radius 2 is 1.51 bits per heavy atom. The Bertz CT molecular complexity index is 1890. The molecule has 0 bridgehead atoms. The summed E-state index contributed by atoms with van der Waals surface area (Å²) in [5, 5.41) is 59.6. The van der Waals surface area contributed by atoms with Crippen LogP contribution in [0.5, 0.6) is 0 Å². The van der Waals surface area contributed by atoms with Crippen LogP contribution >= 0.6 is 0 Å². The molecule has 69 heavy (non-hydrogen) atoms. The summed E-state index contributed by atoms with van der Waals surface area (Å²) in [5.74, 6) is -1.65. The van der Waals surface area contributed by atoms with Crippen molar-refractivity contribution >= 4 is 30.3 Å². The first-order chi connectivity index (χ1) is 31.8. The molecule has 2 saturated carbocycles. The van der Waals surface area contributed by atoms with E-state index in [2.05, 4.69) is 27.8 Å². The first kappa shape index (κ1) is 55.5. The lowest BCUT2D eigenvalue weighted by molar-refractivity contribution is -0.305. The summed E-state index contributed by atoms with van der Waals surface area (Å²) in [4.78, 5) is 69.4. The van der Waals surface area contributed by atoms with E-state index in [9.17, 15) is 44.4 Å². The quantitative estimate of drug-likeness (QED) is 0.0916. The van der Waals surface area contributed by atoms with Gasteiger partial charge in [0.05, 0.1) is 43.1 Å². The van der Waals surface area contributed by atoms with Crippen molar-refractivity contribution in [1.82, 2.24) is 31.1 Å². The number of alkyl carbamates (subject to hydrolysis) is 2. The third-order valence-corrected chi connectivity index (χ3v) is 12.2. The summed E-state index contributed by atoms with van der Waals surface area (Å²) < 4.78 is 41.0. The van der Waals surface area contributed by atoms with E-state index in [-0.39, 0.29) is 31.7 Å². The molecule has 12 atom stereocenters. The van der Waals surface area contributed by atoms with Crippen LogP contribution in [0.25, 0.3) is 0 Å². The van der Waals surface area contributed by atoms with Gasteiger partial charge in [0, 0.05) is 38.0 Å². The smallest absolute Gasteiger partial charge is 0.412 e. The van der Waals surface area contributed by atoms with Crippen molar-refractivity contribution in [3.8, 4) is 0 Å². The number of carbonyl (C=O) groups excluding carboxylic acids is 5. The zero-order valence-corrected chi connectivity index (χ0v) is 42.2. The Hall–Kier alpha value is -4.45. The molecule has 2 aliphatic carbocycles. The molecule has 3 heterocycles. The van der Waals surface area contributed by atoms with Crippen LogP contribution < -0.4 is 21.3 Å². The Kier molecular flexibility index (Phi) is 17.6. The maximum Gasteiger partial charge on any atom is 0.412 e. The third kappa shape index (κ3) is 15.5. The van der Waals surface area contributed by atoms with Crippen molar-refractivity contribution in [3.63, 3.8) is 0 Å². The normalized spacial score (nSPS) is 31.4. The van der Waals surface area contributed by atoms with Crippen molar-refractivity contribution < 1.29 is 77.6 Å². The minimum absolute atomic E-state index is 0.00277. The largest absolute Gasteiger partial charge is 0.491 e. The number of nitrogens with one attached hydrogen (secondary N) is 4. The molecule has 2 unspecified atom stereocenters. The SMILES string of the molecule is C=C(C)OC(=O)N[C@@H]1CC=C(CNCC2CC2)O[C@@H]1C1[C@@H](NC(=O)OC(C)(C)C)C[C@@H](NC(=O)C(O)C2CN(C(=O)OC(C)(C)C)C2)[C@H](O[C@H]2OC[C@](C)(O)[C@H](N(C)C(=O)OC(C)(C)C)[C@H]2O)[C@H]1O. The predicted molar refractivity (Wildman–Crippen MR) is 247 cm³/mol. The monoisotopic (exact) mass is 983 g/mol. The predicted octanol–water partition coefficient (Wildman–Crippen LogP) is 2.36. The zero-order valence-electron chi connectivity index (χ0n) is 42.2. The van der Waals surface area contributed by atoms with Crippen molar-refractivity contribution in [3.05, 3.63) is 24.2 Å². The lowest BCUT2D eigenvalue weighted by Crippen LogP contribution is -2.71. The van der Waals surface area contributed by atoms with Crippen molar-refractivity contribution in [2.45, 2.75) is 185 Å². The average molecular weight is 983 g/mol. The summed E-state index contributed by atoms with van der Waals surface area (Å²) in [6.07, 6.45) is -8.80. The lowest BCUT2D eigenvalue weighted by atomic mass is 9.72. The fourth-order valence-corrected chi connectivity index (χ4v) is 8.96. The fraction of sp³-hybridized carbons (Fsp3) is 0.809. The summed E-state index contributed by atoms with van der Waals surface area (Å²) in [6.45, 7) is 22.2. The van der Waals surface area contributed by atoms with Crippen molar-refractivity contribution in [2.75, 3.05) is 39.8 Å². The van der Waals surface area contributed by atoms with Crippen molar-refractivity contribution in [2.24, 2.45) is 17.8 Å². The second-order valence-corrected chi connectivity index (χ2v) is 22.3. The van der Waals surface area contributed by atoms with E-state index in [0.717, 1.165) is 24.3 Å². The van der Waals surface area contributed by atoms with Crippen LogP contribution in [0, 0.1) is 17.8 Å².